The van der Waals surface area contributed by atoms with Gasteiger partial charge in [-0.1, -0.05) is 11.3 Å². The van der Waals surface area contributed by atoms with Crippen LogP contribution in [-0.2, 0) is 0 Å². The van der Waals surface area contributed by atoms with Crippen LogP contribution >= 0.6 is 47.5 Å². The Kier molecular flexibility index (Phi) is 8.73. The van der Waals surface area contributed by atoms with Gasteiger partial charge in [0.25, 0.3) is 5.91 Å². The number of rotatable bonds is 5. The van der Waals surface area contributed by atoms with Gasteiger partial charge >= 0.3 is 0 Å². The SMILES string of the molecule is CCN(CC)c1nc2sc(C(=O)NC3CCNCC3)cc2s1.Cl.Cl. The second-order valence-electron chi connectivity index (χ2n) is 5.45. The van der Waals surface area contributed by atoms with Crippen LogP contribution in [0.4, 0.5) is 5.13 Å². The number of halogens is 2. The third kappa shape index (κ3) is 4.73. The molecule has 0 unspecified atom stereocenters. The van der Waals surface area contributed by atoms with E-state index in [0.717, 1.165) is 58.6 Å². The second-order valence-corrected chi connectivity index (χ2v) is 7.49. The number of aromatic nitrogens is 1. The normalized spacial score (nSPS) is 14.8. The third-order valence-corrected chi connectivity index (χ3v) is 6.23. The van der Waals surface area contributed by atoms with E-state index in [1.165, 1.54) is 11.3 Å². The van der Waals surface area contributed by atoms with Crippen LogP contribution in [0.3, 0.4) is 0 Å². The minimum absolute atomic E-state index is 0. The molecule has 1 amide bonds. The average molecular weight is 411 g/mol. The number of nitrogens with one attached hydrogen (secondary N) is 2. The fourth-order valence-corrected chi connectivity index (χ4v) is 4.93. The number of amides is 1. The molecule has 9 heteroatoms. The van der Waals surface area contributed by atoms with E-state index in [0.29, 0.717) is 6.04 Å². The molecule has 1 aliphatic rings. The number of anilines is 1. The molecule has 0 spiro atoms. The molecule has 136 valence electrons. The summed E-state index contributed by atoms with van der Waals surface area (Å²) >= 11 is 3.17. The second kappa shape index (κ2) is 9.77. The zero-order valence-electron chi connectivity index (χ0n) is 13.8. The summed E-state index contributed by atoms with van der Waals surface area (Å²) < 4.78 is 1.11. The molecule has 2 aromatic rings. The van der Waals surface area contributed by atoms with Crippen molar-refractivity contribution < 1.29 is 4.79 Å². The van der Waals surface area contributed by atoms with E-state index in [1.807, 2.05) is 6.07 Å². The number of carbonyl (C=O) groups is 1. The average Bonchev–Trinajstić information content (AvgIpc) is 3.08. The van der Waals surface area contributed by atoms with Crippen molar-refractivity contribution in [1.82, 2.24) is 15.6 Å². The van der Waals surface area contributed by atoms with Crippen molar-refractivity contribution in [3.63, 3.8) is 0 Å². The van der Waals surface area contributed by atoms with Crippen LogP contribution in [0.1, 0.15) is 36.4 Å². The van der Waals surface area contributed by atoms with Crippen molar-refractivity contribution in [3.8, 4) is 0 Å². The molecule has 0 bridgehead atoms. The molecule has 1 saturated heterocycles. The summed E-state index contributed by atoms with van der Waals surface area (Å²) in [6.45, 7) is 8.16. The highest BCUT2D eigenvalue weighted by molar-refractivity contribution is 7.29. The standard InChI is InChI=1S/C15H22N4OS2.2ClH/c1-3-19(4-2)15-18-14-12(22-15)9-11(21-14)13(20)17-10-5-7-16-8-6-10;;/h9-10,16H,3-8H2,1-2H3,(H,17,20);2*1H. The van der Waals surface area contributed by atoms with Gasteiger partial charge in [-0.3, -0.25) is 4.79 Å². The van der Waals surface area contributed by atoms with E-state index in [9.17, 15) is 4.79 Å². The molecule has 0 aliphatic carbocycles. The predicted molar refractivity (Wildman–Crippen MR) is 109 cm³/mol. The van der Waals surface area contributed by atoms with Gasteiger partial charge in [0.05, 0.1) is 9.58 Å². The molecule has 1 fully saturated rings. The quantitative estimate of drug-likeness (QED) is 0.791. The highest BCUT2D eigenvalue weighted by atomic mass is 35.5. The number of carbonyl (C=O) groups excluding carboxylic acids is 1. The first-order valence-electron chi connectivity index (χ1n) is 7.88. The number of thiazole rings is 1. The molecule has 3 rings (SSSR count). The van der Waals surface area contributed by atoms with Crippen LogP contribution in [0.15, 0.2) is 6.07 Å². The molecule has 2 aromatic heterocycles. The van der Waals surface area contributed by atoms with E-state index in [-0.39, 0.29) is 30.7 Å². The Morgan fingerprint density at radius 1 is 1.29 bits per heavy atom. The molecule has 0 radical (unpaired) electrons. The van der Waals surface area contributed by atoms with Gasteiger partial charge in [0.1, 0.15) is 4.83 Å². The number of thiophene rings is 1. The van der Waals surface area contributed by atoms with Crippen molar-refractivity contribution in [1.29, 1.82) is 0 Å². The van der Waals surface area contributed by atoms with Crippen molar-refractivity contribution in [2.75, 3.05) is 31.1 Å². The summed E-state index contributed by atoms with van der Waals surface area (Å²) in [6, 6.07) is 2.29. The number of fused-ring (bicyclic) bond motifs is 1. The lowest BCUT2D eigenvalue weighted by atomic mass is 10.1. The molecule has 0 atom stereocenters. The zero-order chi connectivity index (χ0) is 15.5. The number of hydrogen-bond donors (Lipinski definition) is 2. The fraction of sp³-hybridized carbons (Fsp3) is 0.600. The minimum atomic E-state index is 0. The topological polar surface area (TPSA) is 57.3 Å². The molecular formula is C15H24Cl2N4OS2. The van der Waals surface area contributed by atoms with Gasteiger partial charge in [-0.25, -0.2) is 4.98 Å². The Balaban J connectivity index is 0.00000144. The van der Waals surface area contributed by atoms with Crippen LogP contribution in [0, 0.1) is 0 Å². The van der Waals surface area contributed by atoms with Gasteiger partial charge in [0.2, 0.25) is 0 Å². The summed E-state index contributed by atoms with van der Waals surface area (Å²) in [5.41, 5.74) is 0. The van der Waals surface area contributed by atoms with Crippen molar-refractivity contribution >= 4 is 68.1 Å². The van der Waals surface area contributed by atoms with Crippen LogP contribution < -0.4 is 15.5 Å². The van der Waals surface area contributed by atoms with Crippen molar-refractivity contribution in [2.24, 2.45) is 0 Å². The van der Waals surface area contributed by atoms with Crippen molar-refractivity contribution in [3.05, 3.63) is 10.9 Å². The molecule has 0 saturated carbocycles. The predicted octanol–water partition coefficient (Wildman–Crippen LogP) is 3.53. The first-order valence-corrected chi connectivity index (χ1v) is 9.51. The minimum Gasteiger partial charge on any atom is -0.349 e. The van der Waals surface area contributed by atoms with Crippen LogP contribution in [0.2, 0.25) is 0 Å². The Labute approximate surface area is 163 Å². The van der Waals surface area contributed by atoms with Gasteiger partial charge in [0, 0.05) is 19.1 Å². The first kappa shape index (κ1) is 21.4. The lowest BCUT2D eigenvalue weighted by Gasteiger charge is -2.23. The van der Waals surface area contributed by atoms with Gasteiger partial charge in [-0.15, -0.1) is 36.2 Å². The van der Waals surface area contributed by atoms with Gasteiger partial charge in [-0.05, 0) is 45.8 Å². The molecule has 0 aromatic carbocycles. The van der Waals surface area contributed by atoms with Gasteiger partial charge < -0.3 is 15.5 Å². The van der Waals surface area contributed by atoms with Gasteiger partial charge in [0.15, 0.2) is 5.13 Å². The van der Waals surface area contributed by atoms with Gasteiger partial charge in [-0.2, -0.15) is 0 Å². The van der Waals surface area contributed by atoms with E-state index in [1.54, 1.807) is 11.3 Å². The Hall–Kier alpha value is -0.600. The third-order valence-electron chi connectivity index (χ3n) is 4.01. The number of piperidine rings is 1. The van der Waals surface area contributed by atoms with E-state index < -0.39 is 0 Å². The fourth-order valence-electron chi connectivity index (χ4n) is 2.69. The molecule has 24 heavy (non-hydrogen) atoms. The maximum atomic E-state index is 12.4. The van der Waals surface area contributed by atoms with E-state index in [2.05, 4.69) is 34.4 Å². The summed E-state index contributed by atoms with van der Waals surface area (Å²) in [7, 11) is 0. The summed E-state index contributed by atoms with van der Waals surface area (Å²) in [6.07, 6.45) is 2.02. The van der Waals surface area contributed by atoms with E-state index in [4.69, 9.17) is 0 Å². The van der Waals surface area contributed by atoms with E-state index >= 15 is 0 Å². The highest BCUT2D eigenvalue weighted by Gasteiger charge is 2.19. The van der Waals surface area contributed by atoms with Crippen LogP contribution in [0.5, 0.6) is 0 Å². The summed E-state index contributed by atoms with van der Waals surface area (Å²) in [5, 5.41) is 7.51. The molecule has 5 nitrogen and oxygen atoms in total. The lowest BCUT2D eigenvalue weighted by Crippen LogP contribution is -2.42. The van der Waals surface area contributed by atoms with Crippen LogP contribution in [-0.4, -0.2) is 43.1 Å². The monoisotopic (exact) mass is 410 g/mol. The molecule has 3 heterocycles. The maximum absolute atomic E-state index is 12.4. The Bertz CT molecular complexity index is 619. The molecule has 2 N–H and O–H groups in total. The first-order chi connectivity index (χ1) is 10.7. The van der Waals surface area contributed by atoms with Crippen LogP contribution in [0.25, 0.3) is 9.53 Å². The van der Waals surface area contributed by atoms with Crippen molar-refractivity contribution in [2.45, 2.75) is 32.7 Å². The largest absolute Gasteiger partial charge is 0.349 e. The smallest absolute Gasteiger partial charge is 0.261 e. The Morgan fingerprint density at radius 2 is 1.96 bits per heavy atom. The highest BCUT2D eigenvalue weighted by Crippen LogP contribution is 2.34. The lowest BCUT2D eigenvalue weighted by molar-refractivity contribution is 0.0934. The zero-order valence-corrected chi connectivity index (χ0v) is 17.1. The summed E-state index contributed by atoms with van der Waals surface area (Å²) in [5.74, 6) is 0.0477. The number of nitrogens with zero attached hydrogens (tertiary/aromatic N) is 2. The molecule has 1 aliphatic heterocycles. The maximum Gasteiger partial charge on any atom is 0.261 e. The summed E-state index contributed by atoms with van der Waals surface area (Å²) in [4.78, 5) is 21.0. The molecular weight excluding hydrogens is 387 g/mol. The number of hydrogen-bond acceptors (Lipinski definition) is 6. The Morgan fingerprint density at radius 3 is 2.54 bits per heavy atom.